The predicted octanol–water partition coefficient (Wildman–Crippen LogP) is 0.377. The van der Waals surface area contributed by atoms with Crippen LogP contribution in [0.25, 0.3) is 0 Å². The molecule has 0 spiro atoms. The first kappa shape index (κ1) is 10.4. The van der Waals surface area contributed by atoms with E-state index in [1.165, 1.54) is 6.08 Å². The fourth-order valence-corrected chi connectivity index (χ4v) is 1.64. The summed E-state index contributed by atoms with van der Waals surface area (Å²) in [5.41, 5.74) is 0. The first-order valence-electron chi connectivity index (χ1n) is 4.67. The minimum absolute atomic E-state index is 0.146. The largest absolute Gasteiger partial charge is 0.304 e. The Morgan fingerprint density at radius 3 is 2.85 bits per heavy atom. The van der Waals surface area contributed by atoms with Crippen molar-refractivity contribution in [1.82, 2.24) is 9.80 Å². The molecular weight excluding hydrogens is 164 g/mol. The first-order valence-corrected chi connectivity index (χ1v) is 4.67. The van der Waals surface area contributed by atoms with Crippen molar-refractivity contribution < 1.29 is 4.79 Å². The number of piperazine rings is 1. The van der Waals surface area contributed by atoms with Gasteiger partial charge >= 0.3 is 0 Å². The second kappa shape index (κ2) is 4.53. The summed E-state index contributed by atoms with van der Waals surface area (Å²) in [7, 11) is 4.17. The minimum atomic E-state index is 0.146. The van der Waals surface area contributed by atoms with Crippen molar-refractivity contribution in [3.8, 4) is 0 Å². The molecule has 0 bridgehead atoms. The average Bonchev–Trinajstić information content (AvgIpc) is 2.11. The molecule has 1 atom stereocenters. The van der Waals surface area contributed by atoms with Crippen LogP contribution in [-0.4, -0.2) is 55.4 Å². The smallest absolute Gasteiger partial charge is 0.156 e. The van der Waals surface area contributed by atoms with Crippen LogP contribution >= 0.6 is 0 Å². The molecule has 0 aromatic rings. The lowest BCUT2D eigenvalue weighted by molar-refractivity contribution is -0.116. The van der Waals surface area contributed by atoms with Gasteiger partial charge in [-0.1, -0.05) is 6.58 Å². The number of carbonyl (C=O) groups is 1. The zero-order valence-electron chi connectivity index (χ0n) is 8.49. The van der Waals surface area contributed by atoms with Crippen molar-refractivity contribution >= 4 is 5.78 Å². The van der Waals surface area contributed by atoms with Crippen molar-refractivity contribution in [3.63, 3.8) is 0 Å². The van der Waals surface area contributed by atoms with Gasteiger partial charge in [-0.3, -0.25) is 4.79 Å². The maximum absolute atomic E-state index is 11.2. The topological polar surface area (TPSA) is 23.6 Å². The zero-order valence-corrected chi connectivity index (χ0v) is 8.49. The van der Waals surface area contributed by atoms with Gasteiger partial charge in [0.05, 0.1) is 0 Å². The third-order valence-corrected chi connectivity index (χ3v) is 2.64. The van der Waals surface area contributed by atoms with E-state index >= 15 is 0 Å². The van der Waals surface area contributed by atoms with Gasteiger partial charge in [0.15, 0.2) is 5.78 Å². The van der Waals surface area contributed by atoms with Gasteiger partial charge in [-0.05, 0) is 20.2 Å². The van der Waals surface area contributed by atoms with Gasteiger partial charge < -0.3 is 9.80 Å². The number of ketones is 1. The lowest BCUT2D eigenvalue weighted by Crippen LogP contribution is -2.50. The Morgan fingerprint density at radius 1 is 1.54 bits per heavy atom. The van der Waals surface area contributed by atoms with Crippen LogP contribution in [0.2, 0.25) is 0 Å². The summed E-state index contributed by atoms with van der Waals surface area (Å²) in [6, 6.07) is 0.365. The maximum Gasteiger partial charge on any atom is 0.156 e. The molecule has 3 nitrogen and oxygen atoms in total. The van der Waals surface area contributed by atoms with Gasteiger partial charge in [0, 0.05) is 32.1 Å². The summed E-state index contributed by atoms with van der Waals surface area (Å²) in [4.78, 5) is 15.7. The van der Waals surface area contributed by atoms with E-state index < -0.39 is 0 Å². The van der Waals surface area contributed by atoms with Crippen LogP contribution in [0.1, 0.15) is 6.42 Å². The Hall–Kier alpha value is -0.670. The van der Waals surface area contributed by atoms with Gasteiger partial charge in [0.2, 0.25) is 0 Å². The monoisotopic (exact) mass is 182 g/mol. The van der Waals surface area contributed by atoms with Gasteiger partial charge in [0.25, 0.3) is 0 Å². The van der Waals surface area contributed by atoms with Crippen molar-refractivity contribution in [1.29, 1.82) is 0 Å². The molecule has 0 aromatic carbocycles. The Balaban J connectivity index is 2.46. The predicted molar refractivity (Wildman–Crippen MR) is 53.7 cm³/mol. The molecule has 1 aliphatic rings. The van der Waals surface area contributed by atoms with Crippen molar-refractivity contribution in [2.24, 2.45) is 0 Å². The molecule has 0 radical (unpaired) electrons. The number of nitrogens with zero attached hydrogens (tertiary/aromatic N) is 2. The lowest BCUT2D eigenvalue weighted by atomic mass is 10.1. The number of allylic oxidation sites excluding steroid dienone is 1. The van der Waals surface area contributed by atoms with E-state index in [1.807, 2.05) is 0 Å². The van der Waals surface area contributed by atoms with E-state index in [9.17, 15) is 4.79 Å². The molecule has 1 fully saturated rings. The Bertz CT molecular complexity index is 203. The van der Waals surface area contributed by atoms with Crippen LogP contribution in [-0.2, 0) is 4.79 Å². The molecule has 0 aromatic heterocycles. The summed E-state index contributed by atoms with van der Waals surface area (Å²) >= 11 is 0. The molecule has 13 heavy (non-hydrogen) atoms. The number of hydrogen-bond donors (Lipinski definition) is 0. The maximum atomic E-state index is 11.2. The second-order valence-corrected chi connectivity index (χ2v) is 3.77. The normalized spacial score (nSPS) is 25.8. The number of likely N-dealkylation sites (N-methyl/N-ethyl adjacent to an activating group) is 2. The number of hydrogen-bond acceptors (Lipinski definition) is 3. The molecule has 0 aliphatic carbocycles. The summed E-state index contributed by atoms with van der Waals surface area (Å²) < 4.78 is 0. The van der Waals surface area contributed by atoms with E-state index in [-0.39, 0.29) is 5.78 Å². The molecule has 0 saturated carbocycles. The van der Waals surface area contributed by atoms with Gasteiger partial charge in [0.1, 0.15) is 0 Å². The quantitative estimate of drug-likeness (QED) is 0.589. The molecular formula is C10H18N2O. The van der Waals surface area contributed by atoms with E-state index in [2.05, 4.69) is 30.5 Å². The fourth-order valence-electron chi connectivity index (χ4n) is 1.64. The zero-order chi connectivity index (χ0) is 9.84. The third-order valence-electron chi connectivity index (χ3n) is 2.64. The highest BCUT2D eigenvalue weighted by atomic mass is 16.1. The molecule has 1 rings (SSSR count). The van der Waals surface area contributed by atoms with Gasteiger partial charge in [-0.15, -0.1) is 0 Å². The van der Waals surface area contributed by atoms with Crippen molar-refractivity contribution in [2.75, 3.05) is 33.7 Å². The molecule has 1 heterocycles. The summed E-state index contributed by atoms with van der Waals surface area (Å²) in [5.74, 6) is 0.146. The number of rotatable bonds is 3. The molecule has 0 amide bonds. The van der Waals surface area contributed by atoms with Gasteiger partial charge in [-0.25, -0.2) is 0 Å². The Kier molecular flexibility index (Phi) is 3.63. The Labute approximate surface area is 80.0 Å². The van der Waals surface area contributed by atoms with Crippen LogP contribution in [0.15, 0.2) is 12.7 Å². The highest BCUT2D eigenvalue weighted by Gasteiger charge is 2.23. The van der Waals surface area contributed by atoms with Crippen LogP contribution in [0.5, 0.6) is 0 Å². The third kappa shape index (κ3) is 2.94. The minimum Gasteiger partial charge on any atom is -0.304 e. The van der Waals surface area contributed by atoms with Crippen molar-refractivity contribution in [3.05, 3.63) is 12.7 Å². The Morgan fingerprint density at radius 2 is 2.23 bits per heavy atom. The van der Waals surface area contributed by atoms with Crippen molar-refractivity contribution in [2.45, 2.75) is 12.5 Å². The SMILES string of the molecule is C=CC(=O)CC1CN(C)CCN1C. The number of carbonyl (C=O) groups excluding carboxylic acids is 1. The van der Waals surface area contributed by atoms with E-state index in [0.29, 0.717) is 12.5 Å². The molecule has 74 valence electrons. The molecule has 1 unspecified atom stereocenters. The molecule has 1 aliphatic heterocycles. The standard InChI is InChI=1S/C10H18N2O/c1-4-10(13)7-9-8-11(2)5-6-12(9)3/h4,9H,1,5-8H2,2-3H3. The van der Waals surface area contributed by atoms with Crippen LogP contribution < -0.4 is 0 Å². The van der Waals surface area contributed by atoms with Crippen LogP contribution in [0.4, 0.5) is 0 Å². The second-order valence-electron chi connectivity index (χ2n) is 3.77. The molecule has 0 N–H and O–H groups in total. The van der Waals surface area contributed by atoms with E-state index in [1.54, 1.807) is 0 Å². The first-order chi connectivity index (χ1) is 6.13. The summed E-state index contributed by atoms with van der Waals surface area (Å²) in [6.45, 7) is 6.61. The van der Waals surface area contributed by atoms with Crippen LogP contribution in [0.3, 0.4) is 0 Å². The van der Waals surface area contributed by atoms with E-state index in [4.69, 9.17) is 0 Å². The molecule has 3 heteroatoms. The lowest BCUT2D eigenvalue weighted by Gasteiger charge is -2.37. The van der Waals surface area contributed by atoms with E-state index in [0.717, 1.165) is 19.6 Å². The fraction of sp³-hybridized carbons (Fsp3) is 0.700. The van der Waals surface area contributed by atoms with Crippen LogP contribution in [0, 0.1) is 0 Å². The molecule has 1 saturated heterocycles. The highest BCUT2D eigenvalue weighted by Crippen LogP contribution is 2.09. The summed E-state index contributed by atoms with van der Waals surface area (Å²) in [5, 5.41) is 0. The highest BCUT2D eigenvalue weighted by molar-refractivity contribution is 5.89. The summed E-state index contributed by atoms with van der Waals surface area (Å²) in [6.07, 6.45) is 2.02. The average molecular weight is 182 g/mol. The van der Waals surface area contributed by atoms with Gasteiger partial charge in [-0.2, -0.15) is 0 Å².